The van der Waals surface area contributed by atoms with Crippen LogP contribution in [0.3, 0.4) is 0 Å². The Labute approximate surface area is 317 Å². The Morgan fingerprint density at radius 2 is 1.60 bits per heavy atom. The van der Waals surface area contributed by atoms with Crippen LogP contribution in [0, 0.1) is 0 Å². The highest BCUT2D eigenvalue weighted by Gasteiger charge is 2.48. The molecule has 0 unspecified atom stereocenters. The van der Waals surface area contributed by atoms with E-state index in [1.165, 1.54) is 4.90 Å². The highest BCUT2D eigenvalue weighted by molar-refractivity contribution is 6.08. The maximum atomic E-state index is 14.6. The van der Waals surface area contributed by atoms with Gasteiger partial charge in [0.05, 0.1) is 43.8 Å². The Kier molecular flexibility index (Phi) is 11.2. The van der Waals surface area contributed by atoms with E-state index in [9.17, 15) is 24.3 Å². The minimum absolute atomic E-state index is 0.0653. The van der Waals surface area contributed by atoms with E-state index in [4.69, 9.17) is 23.7 Å². The fourth-order valence-corrected chi connectivity index (χ4v) is 6.92. The van der Waals surface area contributed by atoms with E-state index >= 15 is 0 Å². The van der Waals surface area contributed by atoms with Gasteiger partial charge in [-0.1, -0.05) is 54.6 Å². The number of benzene rings is 5. The summed E-state index contributed by atoms with van der Waals surface area (Å²) in [6.07, 6.45) is -1.46. The number of amides is 2. The van der Waals surface area contributed by atoms with Crippen molar-refractivity contribution in [2.75, 3.05) is 31.5 Å². The van der Waals surface area contributed by atoms with Gasteiger partial charge in [0.2, 0.25) is 6.79 Å². The van der Waals surface area contributed by atoms with Crippen molar-refractivity contribution in [1.82, 2.24) is 5.32 Å². The number of carbonyl (C=O) groups excluding carboxylic acids is 4. The lowest BCUT2D eigenvalue weighted by Crippen LogP contribution is -2.58. The van der Waals surface area contributed by atoms with Gasteiger partial charge < -0.3 is 39.0 Å². The van der Waals surface area contributed by atoms with Gasteiger partial charge in [0, 0.05) is 29.7 Å². The van der Waals surface area contributed by atoms with Crippen molar-refractivity contribution in [1.29, 1.82) is 0 Å². The van der Waals surface area contributed by atoms with Gasteiger partial charge in [-0.25, -0.2) is 0 Å². The lowest BCUT2D eigenvalue weighted by molar-refractivity contribution is -0.154. The van der Waals surface area contributed by atoms with Crippen LogP contribution in [0.4, 0.5) is 5.69 Å². The Morgan fingerprint density at radius 1 is 0.818 bits per heavy atom. The maximum absolute atomic E-state index is 14.6. The molecular weight excluding hydrogens is 704 g/mol. The third kappa shape index (κ3) is 8.24. The van der Waals surface area contributed by atoms with E-state index < -0.39 is 41.9 Å². The topological polar surface area (TPSA) is 150 Å². The van der Waals surface area contributed by atoms with E-state index in [1.807, 2.05) is 30.3 Å². The lowest BCUT2D eigenvalue weighted by atomic mass is 9.85. The second-order valence-electron chi connectivity index (χ2n) is 13.1. The zero-order chi connectivity index (χ0) is 38.3. The molecule has 2 amide bonds. The van der Waals surface area contributed by atoms with Crippen molar-refractivity contribution < 1.29 is 48.0 Å². The zero-order valence-corrected chi connectivity index (χ0v) is 30.1. The first-order valence-electron chi connectivity index (χ1n) is 18.1. The largest absolute Gasteiger partial charge is 0.493 e. The maximum Gasteiger partial charge on any atom is 0.310 e. The molecule has 0 fully saturated rings. The number of ether oxygens (including phenoxy) is 5. The fraction of sp³-hybridized carbons (Fsp3) is 0.256. The highest BCUT2D eigenvalue weighted by atomic mass is 16.7. The van der Waals surface area contributed by atoms with Gasteiger partial charge in [0.25, 0.3) is 11.8 Å². The molecule has 0 aromatic heterocycles. The molecule has 2 aliphatic heterocycles. The minimum atomic E-state index is -1.29. The summed E-state index contributed by atoms with van der Waals surface area (Å²) in [4.78, 5) is 57.7. The van der Waals surface area contributed by atoms with Gasteiger partial charge in [-0.05, 0) is 77.9 Å². The molecule has 2 heterocycles. The molecule has 3 atom stereocenters. The van der Waals surface area contributed by atoms with Gasteiger partial charge in [-0.15, -0.1) is 0 Å². The fourth-order valence-electron chi connectivity index (χ4n) is 6.92. The van der Waals surface area contributed by atoms with Crippen LogP contribution in [0.2, 0.25) is 0 Å². The number of carbonyl (C=O) groups is 4. The average Bonchev–Trinajstić information content (AvgIpc) is 3.67. The van der Waals surface area contributed by atoms with Crippen molar-refractivity contribution in [3.8, 4) is 17.2 Å². The Hall–Kier alpha value is -6.40. The Morgan fingerprint density at radius 3 is 2.40 bits per heavy atom. The van der Waals surface area contributed by atoms with Crippen LogP contribution in [-0.4, -0.2) is 67.6 Å². The molecule has 0 saturated heterocycles. The number of nitrogens with zero attached hydrogens (tertiary/aromatic N) is 1. The molecule has 12 heteroatoms. The number of hydrogen-bond acceptors (Lipinski definition) is 10. The third-order valence-electron chi connectivity index (χ3n) is 9.48. The zero-order valence-electron chi connectivity index (χ0n) is 30.1. The second kappa shape index (κ2) is 16.7. The molecule has 0 spiro atoms. The molecule has 2 aliphatic rings. The monoisotopic (exact) mass is 744 g/mol. The first kappa shape index (κ1) is 36.9. The van der Waals surface area contributed by atoms with Crippen molar-refractivity contribution in [3.05, 3.63) is 131 Å². The molecule has 0 bridgehead atoms. The van der Waals surface area contributed by atoms with Crippen LogP contribution in [0.5, 0.6) is 17.2 Å². The van der Waals surface area contributed by atoms with Crippen LogP contribution in [0.25, 0.3) is 10.8 Å². The van der Waals surface area contributed by atoms with Gasteiger partial charge >= 0.3 is 11.9 Å². The number of fused-ring (bicyclic) bond motifs is 3. The minimum Gasteiger partial charge on any atom is -0.493 e. The molecule has 2 N–H and O–H groups in total. The Balaban J connectivity index is 1.34. The van der Waals surface area contributed by atoms with Crippen LogP contribution >= 0.6 is 0 Å². The summed E-state index contributed by atoms with van der Waals surface area (Å²) in [5.41, 5.74) is 2.06. The number of esters is 2. The van der Waals surface area contributed by atoms with E-state index in [-0.39, 0.29) is 39.5 Å². The molecule has 0 saturated carbocycles. The van der Waals surface area contributed by atoms with Gasteiger partial charge in [0.15, 0.2) is 11.5 Å². The predicted molar refractivity (Wildman–Crippen MR) is 202 cm³/mol. The first-order chi connectivity index (χ1) is 26.8. The standard InChI is InChI=1S/C43H40N2O10/c1-2-51-38(47)25-35-41(55-39(48)22-27-13-18-36-37(21-27)54-26-53-36)40(44-42(49)31-15-14-28-9-6-7-12-30(28)23-31)33-24-32(52-20-8-19-46)16-17-34(33)45(35)43(50)29-10-4-3-5-11-29/h3-7,9-18,21,23-24,35,40-41,46H,2,8,19-20,22,25-26H2,1H3,(H,44,49)/t35-,40-,41-/m0/s1. The van der Waals surface area contributed by atoms with E-state index in [0.29, 0.717) is 51.6 Å². The number of anilines is 1. The first-order valence-corrected chi connectivity index (χ1v) is 18.1. The normalized spacial score (nSPS) is 16.9. The van der Waals surface area contributed by atoms with Crippen molar-refractivity contribution in [2.24, 2.45) is 0 Å². The summed E-state index contributed by atoms with van der Waals surface area (Å²) >= 11 is 0. The summed E-state index contributed by atoms with van der Waals surface area (Å²) in [6.45, 7) is 1.95. The van der Waals surface area contributed by atoms with E-state index in [1.54, 1.807) is 85.8 Å². The highest BCUT2D eigenvalue weighted by Crippen LogP contribution is 2.43. The number of nitrogens with one attached hydrogen (secondary N) is 1. The SMILES string of the molecule is CCOC(=O)C[C@H]1[C@H](OC(=O)Cc2ccc3c(c2)OCO3)[C@@H](NC(=O)c2ccc3ccccc3c2)c2cc(OCCCO)ccc2N1C(=O)c1ccccc1. The molecule has 5 aromatic carbocycles. The third-order valence-corrected chi connectivity index (χ3v) is 9.48. The smallest absolute Gasteiger partial charge is 0.310 e. The van der Waals surface area contributed by atoms with Gasteiger partial charge in [0.1, 0.15) is 11.9 Å². The summed E-state index contributed by atoms with van der Waals surface area (Å²) in [6, 6.07) is 29.5. The number of rotatable bonds is 13. The molecule has 7 rings (SSSR count). The quantitative estimate of drug-likeness (QED) is 0.110. The van der Waals surface area contributed by atoms with Crippen molar-refractivity contribution >= 4 is 40.2 Å². The van der Waals surface area contributed by atoms with Crippen LogP contribution in [0.15, 0.2) is 109 Å². The van der Waals surface area contributed by atoms with Gasteiger partial charge in [-0.2, -0.15) is 0 Å². The molecule has 0 radical (unpaired) electrons. The van der Waals surface area contributed by atoms with Crippen molar-refractivity contribution in [3.63, 3.8) is 0 Å². The van der Waals surface area contributed by atoms with Crippen molar-refractivity contribution in [2.45, 2.75) is 44.4 Å². The van der Waals surface area contributed by atoms with Gasteiger partial charge in [-0.3, -0.25) is 19.2 Å². The number of aliphatic hydroxyl groups excluding tert-OH is 1. The second-order valence-corrected chi connectivity index (χ2v) is 13.1. The molecule has 12 nitrogen and oxygen atoms in total. The number of aliphatic hydroxyl groups is 1. The molecule has 5 aromatic rings. The van der Waals surface area contributed by atoms with Crippen LogP contribution in [0.1, 0.15) is 57.7 Å². The summed E-state index contributed by atoms with van der Waals surface area (Å²) in [7, 11) is 0. The number of hydrogen-bond donors (Lipinski definition) is 2. The average molecular weight is 745 g/mol. The van der Waals surface area contributed by atoms with Crippen LogP contribution < -0.4 is 24.4 Å². The van der Waals surface area contributed by atoms with E-state index in [0.717, 1.165) is 10.8 Å². The predicted octanol–water partition coefficient (Wildman–Crippen LogP) is 5.94. The molecule has 282 valence electrons. The Bertz CT molecular complexity index is 2210. The molecular formula is C43H40N2O10. The summed E-state index contributed by atoms with van der Waals surface area (Å²) in [5, 5.41) is 14.3. The molecule has 55 heavy (non-hydrogen) atoms. The van der Waals surface area contributed by atoms with Crippen LogP contribution in [-0.2, 0) is 25.5 Å². The lowest BCUT2D eigenvalue weighted by Gasteiger charge is -2.45. The molecule has 0 aliphatic carbocycles. The summed E-state index contributed by atoms with van der Waals surface area (Å²) in [5.74, 6) is -0.775. The van der Waals surface area contributed by atoms with E-state index in [2.05, 4.69) is 5.32 Å². The summed E-state index contributed by atoms with van der Waals surface area (Å²) < 4.78 is 28.6.